The van der Waals surface area contributed by atoms with Crippen molar-refractivity contribution in [1.29, 1.82) is 0 Å². The Balaban J connectivity index is 2.20. The van der Waals surface area contributed by atoms with E-state index in [1.165, 1.54) is 18.3 Å². The van der Waals surface area contributed by atoms with Crippen LogP contribution >= 0.6 is 0 Å². The van der Waals surface area contributed by atoms with Crippen LogP contribution in [0.25, 0.3) is 0 Å². The lowest BCUT2D eigenvalue weighted by Gasteiger charge is -2.27. The van der Waals surface area contributed by atoms with E-state index >= 15 is 0 Å². The third kappa shape index (κ3) is 3.26. The SMILES string of the molecule is CC(C)(C)N(O)/C=C1\C=NC(c2ccc(F)cc2)=N1. The second kappa shape index (κ2) is 4.93. The van der Waals surface area contributed by atoms with Gasteiger partial charge in [-0.2, -0.15) is 0 Å². The van der Waals surface area contributed by atoms with Crippen LogP contribution in [0.1, 0.15) is 26.3 Å². The Bertz CT molecular complexity index is 553. The van der Waals surface area contributed by atoms with Gasteiger partial charge in [0.15, 0.2) is 5.84 Å². The van der Waals surface area contributed by atoms with Gasteiger partial charge in [0.05, 0.1) is 18.0 Å². The Kier molecular flexibility index (Phi) is 3.48. The van der Waals surface area contributed by atoms with Gasteiger partial charge in [0.1, 0.15) is 11.5 Å². The number of hydroxylamine groups is 2. The van der Waals surface area contributed by atoms with Crippen LogP contribution in [0.4, 0.5) is 4.39 Å². The molecule has 1 heterocycles. The Morgan fingerprint density at radius 3 is 2.42 bits per heavy atom. The van der Waals surface area contributed by atoms with E-state index in [2.05, 4.69) is 9.98 Å². The quantitative estimate of drug-likeness (QED) is 0.832. The Labute approximate surface area is 111 Å². The first-order valence-corrected chi connectivity index (χ1v) is 5.95. The molecule has 0 saturated heterocycles. The Morgan fingerprint density at radius 2 is 1.84 bits per heavy atom. The molecule has 0 unspecified atom stereocenters. The van der Waals surface area contributed by atoms with Crippen molar-refractivity contribution in [3.63, 3.8) is 0 Å². The zero-order valence-corrected chi connectivity index (χ0v) is 11.1. The van der Waals surface area contributed by atoms with E-state index in [9.17, 15) is 9.60 Å². The van der Waals surface area contributed by atoms with Crippen LogP contribution in [0.15, 0.2) is 46.1 Å². The van der Waals surface area contributed by atoms with E-state index < -0.39 is 5.54 Å². The van der Waals surface area contributed by atoms with Crippen molar-refractivity contribution in [3.05, 3.63) is 47.5 Å². The maximum absolute atomic E-state index is 12.8. The van der Waals surface area contributed by atoms with Crippen LogP contribution in [0.5, 0.6) is 0 Å². The monoisotopic (exact) mass is 261 g/mol. The summed E-state index contributed by atoms with van der Waals surface area (Å²) in [5, 5.41) is 10.9. The van der Waals surface area contributed by atoms with E-state index in [4.69, 9.17) is 0 Å². The molecule has 0 spiro atoms. The van der Waals surface area contributed by atoms with Crippen LogP contribution < -0.4 is 0 Å². The van der Waals surface area contributed by atoms with Gasteiger partial charge >= 0.3 is 0 Å². The average molecular weight is 261 g/mol. The number of rotatable bonds is 2. The van der Waals surface area contributed by atoms with Crippen molar-refractivity contribution < 1.29 is 9.60 Å². The molecular weight excluding hydrogens is 245 g/mol. The van der Waals surface area contributed by atoms with Gasteiger partial charge in [-0.15, -0.1) is 0 Å². The minimum absolute atomic E-state index is 0.295. The van der Waals surface area contributed by atoms with Crippen molar-refractivity contribution in [2.45, 2.75) is 26.3 Å². The molecule has 1 N–H and O–H groups in total. The molecule has 1 aliphatic heterocycles. The Morgan fingerprint density at radius 1 is 1.21 bits per heavy atom. The summed E-state index contributed by atoms with van der Waals surface area (Å²) < 4.78 is 12.8. The number of allylic oxidation sites excluding steroid dienone is 1. The standard InChI is InChI=1S/C14H16FN3O/c1-14(2,3)18(19)9-12-8-16-13(17-12)10-4-6-11(15)7-5-10/h4-9,19H,1-3H3/b12-9+. The molecule has 0 atom stereocenters. The molecule has 4 nitrogen and oxygen atoms in total. The van der Waals surface area contributed by atoms with E-state index in [1.54, 1.807) is 18.3 Å². The molecule has 100 valence electrons. The van der Waals surface area contributed by atoms with Crippen molar-refractivity contribution in [2.75, 3.05) is 0 Å². The van der Waals surface area contributed by atoms with Gasteiger partial charge in [-0.1, -0.05) is 0 Å². The first kappa shape index (κ1) is 13.4. The lowest BCUT2D eigenvalue weighted by Crippen LogP contribution is -2.34. The van der Waals surface area contributed by atoms with Gasteiger partial charge < -0.3 is 0 Å². The molecule has 2 rings (SSSR count). The first-order valence-electron chi connectivity index (χ1n) is 5.95. The van der Waals surface area contributed by atoms with E-state index in [0.717, 1.165) is 10.6 Å². The minimum atomic E-state index is -0.408. The molecular formula is C14H16FN3O. The fourth-order valence-electron chi connectivity index (χ4n) is 1.43. The summed E-state index contributed by atoms with van der Waals surface area (Å²) in [5.74, 6) is 0.213. The lowest BCUT2D eigenvalue weighted by molar-refractivity contribution is -0.110. The van der Waals surface area contributed by atoms with Gasteiger partial charge in [0.2, 0.25) is 0 Å². The molecule has 1 aliphatic rings. The van der Waals surface area contributed by atoms with Gasteiger partial charge in [-0.25, -0.2) is 14.4 Å². The summed E-state index contributed by atoms with van der Waals surface area (Å²) >= 11 is 0. The lowest BCUT2D eigenvalue weighted by atomic mass is 10.1. The highest BCUT2D eigenvalue weighted by atomic mass is 19.1. The van der Waals surface area contributed by atoms with Crippen LogP contribution in [0.3, 0.4) is 0 Å². The summed E-state index contributed by atoms with van der Waals surface area (Å²) in [6.07, 6.45) is 3.08. The molecule has 0 aromatic heterocycles. The molecule has 0 aliphatic carbocycles. The molecule has 0 amide bonds. The maximum Gasteiger partial charge on any atom is 0.159 e. The second-order valence-electron chi connectivity index (χ2n) is 5.27. The zero-order chi connectivity index (χ0) is 14.0. The molecule has 19 heavy (non-hydrogen) atoms. The Hall–Kier alpha value is -2.01. The van der Waals surface area contributed by atoms with Crippen molar-refractivity contribution in [1.82, 2.24) is 5.06 Å². The second-order valence-corrected chi connectivity index (χ2v) is 5.27. The molecule has 0 radical (unpaired) electrons. The average Bonchev–Trinajstić information content (AvgIpc) is 2.77. The molecule has 1 aromatic rings. The van der Waals surface area contributed by atoms with Crippen molar-refractivity contribution in [2.24, 2.45) is 9.98 Å². The number of amidine groups is 1. The van der Waals surface area contributed by atoms with Gasteiger partial charge in [0.25, 0.3) is 0 Å². The fraction of sp³-hybridized carbons (Fsp3) is 0.286. The highest BCUT2D eigenvalue weighted by Gasteiger charge is 2.18. The topological polar surface area (TPSA) is 48.2 Å². The smallest absolute Gasteiger partial charge is 0.159 e. The fourth-order valence-corrected chi connectivity index (χ4v) is 1.43. The third-order valence-electron chi connectivity index (χ3n) is 2.60. The summed E-state index contributed by atoms with van der Waals surface area (Å²) in [4.78, 5) is 8.42. The molecule has 0 saturated carbocycles. The van der Waals surface area contributed by atoms with Crippen molar-refractivity contribution in [3.8, 4) is 0 Å². The highest BCUT2D eigenvalue weighted by Crippen LogP contribution is 2.16. The highest BCUT2D eigenvalue weighted by molar-refractivity contribution is 6.10. The number of nitrogens with zero attached hydrogens (tertiary/aromatic N) is 3. The summed E-state index contributed by atoms with van der Waals surface area (Å²) in [7, 11) is 0. The van der Waals surface area contributed by atoms with Gasteiger partial charge in [0, 0.05) is 5.56 Å². The molecule has 0 bridgehead atoms. The van der Waals surface area contributed by atoms with E-state index in [-0.39, 0.29) is 5.82 Å². The number of hydrogen-bond acceptors (Lipinski definition) is 4. The van der Waals surface area contributed by atoms with Gasteiger partial charge in [-0.05, 0) is 45.0 Å². The third-order valence-corrected chi connectivity index (χ3v) is 2.60. The van der Waals surface area contributed by atoms with Crippen LogP contribution in [0.2, 0.25) is 0 Å². The van der Waals surface area contributed by atoms with Crippen molar-refractivity contribution >= 4 is 12.1 Å². The predicted octanol–water partition coefficient (Wildman–Crippen LogP) is 2.99. The maximum atomic E-state index is 12.8. The van der Waals surface area contributed by atoms with Gasteiger partial charge in [-0.3, -0.25) is 10.3 Å². The summed E-state index contributed by atoms with van der Waals surface area (Å²) in [6.45, 7) is 5.63. The molecule has 1 aromatic carbocycles. The van der Waals surface area contributed by atoms with E-state index in [1.807, 2.05) is 20.8 Å². The molecule has 5 heteroatoms. The number of hydrogen-bond donors (Lipinski definition) is 1. The number of halogens is 1. The van der Waals surface area contributed by atoms with E-state index in [0.29, 0.717) is 11.5 Å². The van der Waals surface area contributed by atoms with Crippen LogP contribution in [0, 0.1) is 5.82 Å². The van der Waals surface area contributed by atoms with Crippen LogP contribution in [-0.4, -0.2) is 27.9 Å². The zero-order valence-electron chi connectivity index (χ0n) is 11.1. The number of benzene rings is 1. The minimum Gasteiger partial charge on any atom is -0.288 e. The first-order chi connectivity index (χ1) is 8.86. The number of aliphatic imine (C=N–C) groups is 2. The normalized spacial score (nSPS) is 16.9. The molecule has 0 fully saturated rings. The largest absolute Gasteiger partial charge is 0.288 e. The van der Waals surface area contributed by atoms with Crippen LogP contribution in [-0.2, 0) is 0 Å². The summed E-state index contributed by atoms with van der Waals surface area (Å²) in [5.41, 5.74) is 0.882. The summed E-state index contributed by atoms with van der Waals surface area (Å²) in [6, 6.07) is 5.97. The predicted molar refractivity (Wildman–Crippen MR) is 72.9 cm³/mol.